The zero-order valence-electron chi connectivity index (χ0n) is 40.6. The number of allylic oxidation sites excluding steroid dienone is 6. The molecule has 0 saturated heterocycles. The molecule has 1 amide bonds. The van der Waals surface area contributed by atoms with E-state index in [2.05, 4.69) is 55.6 Å². The molecular formula is C55H103NO5. The van der Waals surface area contributed by atoms with E-state index in [4.69, 9.17) is 4.74 Å². The van der Waals surface area contributed by atoms with Gasteiger partial charge in [-0.3, -0.25) is 9.59 Å². The zero-order valence-corrected chi connectivity index (χ0v) is 40.6. The Labute approximate surface area is 379 Å². The van der Waals surface area contributed by atoms with Crippen molar-refractivity contribution in [1.82, 2.24) is 5.32 Å². The molecule has 0 aliphatic carbocycles. The Kier molecular flexibility index (Phi) is 49.1. The van der Waals surface area contributed by atoms with Gasteiger partial charge in [0, 0.05) is 12.8 Å². The van der Waals surface area contributed by atoms with Gasteiger partial charge < -0.3 is 20.3 Å². The van der Waals surface area contributed by atoms with Crippen LogP contribution in [0.4, 0.5) is 0 Å². The number of carbonyl (C=O) groups excluding carboxylic acids is 2. The minimum Gasteiger partial charge on any atom is -0.466 e. The van der Waals surface area contributed by atoms with Crippen LogP contribution in [-0.2, 0) is 14.3 Å². The summed E-state index contributed by atoms with van der Waals surface area (Å²) < 4.78 is 5.44. The molecular weight excluding hydrogens is 755 g/mol. The first-order valence-corrected chi connectivity index (χ1v) is 26.8. The number of aliphatic hydroxyl groups excluding tert-OH is 2. The van der Waals surface area contributed by atoms with Crippen molar-refractivity contribution in [2.24, 2.45) is 0 Å². The molecule has 0 rings (SSSR count). The smallest absolute Gasteiger partial charge is 0.305 e. The Bertz CT molecular complexity index is 993. The summed E-state index contributed by atoms with van der Waals surface area (Å²) >= 11 is 0. The Morgan fingerprint density at radius 3 is 1.26 bits per heavy atom. The predicted molar refractivity (Wildman–Crippen MR) is 264 cm³/mol. The van der Waals surface area contributed by atoms with Gasteiger partial charge in [-0.25, -0.2) is 0 Å². The van der Waals surface area contributed by atoms with E-state index in [0.29, 0.717) is 25.9 Å². The van der Waals surface area contributed by atoms with Gasteiger partial charge in [-0.2, -0.15) is 0 Å². The normalized spacial score (nSPS) is 12.9. The van der Waals surface area contributed by atoms with Crippen molar-refractivity contribution in [3.8, 4) is 0 Å². The first kappa shape index (κ1) is 59.1. The van der Waals surface area contributed by atoms with Gasteiger partial charge in [0.1, 0.15) is 0 Å². The molecule has 358 valence electrons. The molecule has 0 fully saturated rings. The summed E-state index contributed by atoms with van der Waals surface area (Å²) in [6, 6.07) is -0.558. The molecule has 0 heterocycles. The number of aliphatic hydroxyl groups is 2. The lowest BCUT2D eigenvalue weighted by molar-refractivity contribution is -0.143. The molecule has 0 aromatic heterocycles. The minimum absolute atomic E-state index is 0.0299. The van der Waals surface area contributed by atoms with Crippen LogP contribution in [0.2, 0.25) is 0 Å². The maximum atomic E-state index is 12.4. The lowest BCUT2D eigenvalue weighted by Gasteiger charge is -2.22. The molecule has 6 nitrogen and oxygen atoms in total. The van der Waals surface area contributed by atoms with E-state index < -0.39 is 12.1 Å². The van der Waals surface area contributed by atoms with Gasteiger partial charge in [-0.1, -0.05) is 217 Å². The Hall–Kier alpha value is -1.92. The predicted octanol–water partition coefficient (Wildman–Crippen LogP) is 16.1. The van der Waals surface area contributed by atoms with Crippen molar-refractivity contribution in [1.29, 1.82) is 0 Å². The zero-order chi connectivity index (χ0) is 44.4. The fraction of sp³-hybridized carbons (Fsp3) is 0.855. The second kappa shape index (κ2) is 50.7. The number of unbranched alkanes of at least 4 members (excludes halogenated alkanes) is 33. The number of hydrogen-bond acceptors (Lipinski definition) is 5. The molecule has 0 aliphatic heterocycles. The van der Waals surface area contributed by atoms with E-state index in [1.165, 1.54) is 167 Å². The van der Waals surface area contributed by atoms with E-state index in [9.17, 15) is 19.8 Å². The maximum absolute atomic E-state index is 12.4. The number of nitrogens with one attached hydrogen (secondary N) is 1. The van der Waals surface area contributed by atoms with Gasteiger partial charge in [0.2, 0.25) is 5.91 Å². The van der Waals surface area contributed by atoms with Crippen molar-refractivity contribution >= 4 is 11.9 Å². The van der Waals surface area contributed by atoms with E-state index in [1.807, 2.05) is 0 Å². The Morgan fingerprint density at radius 1 is 0.459 bits per heavy atom. The van der Waals surface area contributed by atoms with Crippen molar-refractivity contribution in [2.75, 3.05) is 13.2 Å². The topological polar surface area (TPSA) is 95.9 Å². The van der Waals surface area contributed by atoms with Crippen LogP contribution < -0.4 is 5.32 Å². The lowest BCUT2D eigenvalue weighted by Crippen LogP contribution is -2.45. The molecule has 2 unspecified atom stereocenters. The summed E-state index contributed by atoms with van der Waals surface area (Å²) in [6.07, 6.45) is 61.2. The van der Waals surface area contributed by atoms with Crippen LogP contribution in [0.1, 0.15) is 277 Å². The number of amides is 1. The van der Waals surface area contributed by atoms with Crippen LogP contribution in [-0.4, -0.2) is 47.4 Å². The average Bonchev–Trinajstić information content (AvgIpc) is 3.26. The summed E-state index contributed by atoms with van der Waals surface area (Å²) in [5.41, 5.74) is 0. The summed E-state index contributed by atoms with van der Waals surface area (Å²) in [5, 5.41) is 23.2. The molecule has 0 aromatic rings. The first-order valence-electron chi connectivity index (χ1n) is 26.8. The fourth-order valence-corrected chi connectivity index (χ4v) is 8.04. The van der Waals surface area contributed by atoms with Gasteiger partial charge in [-0.15, -0.1) is 0 Å². The molecule has 3 N–H and O–H groups in total. The molecule has 0 saturated carbocycles. The monoisotopic (exact) mass is 858 g/mol. The van der Waals surface area contributed by atoms with Gasteiger partial charge in [0.15, 0.2) is 0 Å². The third-order valence-electron chi connectivity index (χ3n) is 12.2. The van der Waals surface area contributed by atoms with E-state index in [0.717, 1.165) is 77.0 Å². The molecule has 0 bridgehead atoms. The largest absolute Gasteiger partial charge is 0.466 e. The highest BCUT2D eigenvalue weighted by atomic mass is 16.5. The van der Waals surface area contributed by atoms with Gasteiger partial charge in [0.05, 0.1) is 25.4 Å². The van der Waals surface area contributed by atoms with Crippen molar-refractivity contribution in [3.05, 3.63) is 36.5 Å². The quantitative estimate of drug-likeness (QED) is 0.0245. The van der Waals surface area contributed by atoms with Crippen LogP contribution in [0.5, 0.6) is 0 Å². The SMILES string of the molecule is CCCCCCCC/C=C\CCCCCCCC(=O)OCCCCC/C=C\C=C/CCCCCCCCC(=O)NC(CO)C(O)CCCCCCCCCCCCCCCC. The number of rotatable bonds is 49. The number of hydrogen-bond donors (Lipinski definition) is 3. The summed E-state index contributed by atoms with van der Waals surface area (Å²) in [4.78, 5) is 24.5. The van der Waals surface area contributed by atoms with Gasteiger partial charge in [-0.05, 0) is 83.5 Å². The lowest BCUT2D eigenvalue weighted by atomic mass is 10.0. The number of carbonyl (C=O) groups is 2. The molecule has 0 aliphatic rings. The minimum atomic E-state index is -0.678. The van der Waals surface area contributed by atoms with Crippen LogP contribution in [0.25, 0.3) is 0 Å². The standard InChI is InChI=1S/C55H103NO5/c1-3-5-7-9-11-13-15-17-20-25-29-33-37-41-45-49-55(60)61-50-46-42-38-34-30-26-22-19-21-24-28-32-36-40-44-48-54(59)56-52(51-57)53(58)47-43-39-35-31-27-23-18-16-14-12-10-8-6-4-2/h17,19-20,22,26,30,52-53,57-58H,3-16,18,21,23-25,27-29,31-51H2,1-2H3,(H,56,59)/b20-17-,22-19-,30-26-. The van der Waals surface area contributed by atoms with E-state index in [1.54, 1.807) is 0 Å². The second-order valence-electron chi connectivity index (χ2n) is 18.2. The maximum Gasteiger partial charge on any atom is 0.305 e. The third-order valence-corrected chi connectivity index (χ3v) is 12.2. The summed E-state index contributed by atoms with van der Waals surface area (Å²) in [7, 11) is 0. The molecule has 0 aromatic carbocycles. The highest BCUT2D eigenvalue weighted by Gasteiger charge is 2.20. The van der Waals surface area contributed by atoms with Crippen LogP contribution in [0.15, 0.2) is 36.5 Å². The van der Waals surface area contributed by atoms with Crippen molar-refractivity contribution in [2.45, 2.75) is 289 Å². The Balaban J connectivity index is 3.53. The van der Waals surface area contributed by atoms with Gasteiger partial charge >= 0.3 is 5.97 Å². The Morgan fingerprint density at radius 2 is 0.820 bits per heavy atom. The average molecular weight is 858 g/mol. The van der Waals surface area contributed by atoms with E-state index >= 15 is 0 Å². The highest BCUT2D eigenvalue weighted by molar-refractivity contribution is 5.76. The van der Waals surface area contributed by atoms with Crippen LogP contribution >= 0.6 is 0 Å². The van der Waals surface area contributed by atoms with Crippen LogP contribution in [0.3, 0.4) is 0 Å². The highest BCUT2D eigenvalue weighted by Crippen LogP contribution is 2.16. The molecule has 61 heavy (non-hydrogen) atoms. The van der Waals surface area contributed by atoms with Crippen LogP contribution in [0, 0.1) is 0 Å². The first-order chi connectivity index (χ1) is 30.0. The number of esters is 1. The molecule has 0 spiro atoms. The second-order valence-corrected chi connectivity index (χ2v) is 18.2. The molecule has 6 heteroatoms. The van der Waals surface area contributed by atoms with Crippen molar-refractivity contribution < 1.29 is 24.5 Å². The molecule has 2 atom stereocenters. The molecule has 0 radical (unpaired) electrons. The van der Waals surface area contributed by atoms with Gasteiger partial charge in [0.25, 0.3) is 0 Å². The summed E-state index contributed by atoms with van der Waals surface area (Å²) in [5.74, 6) is -0.0880. The fourth-order valence-electron chi connectivity index (χ4n) is 8.04. The van der Waals surface area contributed by atoms with E-state index in [-0.39, 0.29) is 18.5 Å². The third kappa shape index (κ3) is 47.4. The summed E-state index contributed by atoms with van der Waals surface area (Å²) in [6.45, 7) is 4.88. The number of ether oxygens (including phenoxy) is 1. The van der Waals surface area contributed by atoms with Crippen molar-refractivity contribution in [3.63, 3.8) is 0 Å².